The van der Waals surface area contributed by atoms with Crippen LogP contribution in [0.5, 0.6) is 0 Å². The standard InChI is InChI=1S/C36H36N8O/c1-3-4-16-33-37-30-19-17-28(43-22-11-21-42(36(43)45)24-26-12-7-5-8-13-26)23-32(30)44(33)31-20-18-29(27-14-9-6-10-15-27)34(25(31)2)35-38-40-41-39-35/h5-10,12-15,17-20,23H,3-4,11,16,21-22,24H2,1-2H3,(H,38,39,40,41). The number of nitrogens with one attached hydrogen (secondary N) is 1. The van der Waals surface area contributed by atoms with Crippen molar-refractivity contribution in [3.05, 3.63) is 108 Å². The maximum Gasteiger partial charge on any atom is 0.324 e. The predicted molar refractivity (Wildman–Crippen MR) is 177 cm³/mol. The predicted octanol–water partition coefficient (Wildman–Crippen LogP) is 7.36. The molecule has 0 radical (unpaired) electrons. The van der Waals surface area contributed by atoms with E-state index in [2.05, 4.69) is 81.5 Å². The SMILES string of the molecule is CCCCc1nc2ccc(N3CCCN(Cc4ccccc4)C3=O)cc2n1-c1ccc(-c2ccccc2)c(-c2nn[nH]n2)c1C. The molecule has 226 valence electrons. The zero-order valence-electron chi connectivity index (χ0n) is 25.6. The van der Waals surface area contributed by atoms with Crippen molar-refractivity contribution in [2.75, 3.05) is 18.0 Å². The van der Waals surface area contributed by atoms with E-state index in [0.29, 0.717) is 18.9 Å². The van der Waals surface area contributed by atoms with E-state index in [-0.39, 0.29) is 6.03 Å². The topological polar surface area (TPSA) is 95.8 Å². The number of aromatic amines is 1. The zero-order valence-corrected chi connectivity index (χ0v) is 25.6. The minimum Gasteiger partial charge on any atom is -0.320 e. The first-order valence-corrected chi connectivity index (χ1v) is 15.7. The fourth-order valence-corrected chi connectivity index (χ4v) is 6.38. The summed E-state index contributed by atoms with van der Waals surface area (Å²) in [5.74, 6) is 1.54. The van der Waals surface area contributed by atoms with Gasteiger partial charge in [0, 0.05) is 37.3 Å². The van der Waals surface area contributed by atoms with Crippen LogP contribution in [0.3, 0.4) is 0 Å². The van der Waals surface area contributed by atoms with Crippen molar-refractivity contribution < 1.29 is 4.79 Å². The van der Waals surface area contributed by atoms with Crippen molar-refractivity contribution in [3.63, 3.8) is 0 Å². The summed E-state index contributed by atoms with van der Waals surface area (Å²) in [5.41, 5.74) is 8.98. The summed E-state index contributed by atoms with van der Waals surface area (Å²) in [5, 5.41) is 15.3. The number of aromatic nitrogens is 6. The first kappa shape index (κ1) is 28.5. The van der Waals surface area contributed by atoms with Crippen LogP contribution in [0.25, 0.3) is 39.2 Å². The van der Waals surface area contributed by atoms with Gasteiger partial charge in [-0.05, 0) is 71.5 Å². The molecule has 2 amide bonds. The number of aryl methyl sites for hydroxylation is 1. The molecule has 9 nitrogen and oxygen atoms in total. The largest absolute Gasteiger partial charge is 0.324 e. The van der Waals surface area contributed by atoms with Crippen LogP contribution in [-0.4, -0.2) is 54.2 Å². The molecule has 4 aromatic carbocycles. The van der Waals surface area contributed by atoms with E-state index >= 15 is 0 Å². The number of carbonyl (C=O) groups excluding carboxylic acids is 1. The average molecular weight is 597 g/mol. The van der Waals surface area contributed by atoms with Gasteiger partial charge in [0.05, 0.1) is 16.7 Å². The lowest BCUT2D eigenvalue weighted by atomic mass is 9.94. The quantitative estimate of drug-likeness (QED) is 0.188. The molecular formula is C36H36N8O. The highest BCUT2D eigenvalue weighted by molar-refractivity contribution is 5.95. The van der Waals surface area contributed by atoms with Crippen molar-refractivity contribution >= 4 is 22.8 Å². The molecule has 9 heteroatoms. The van der Waals surface area contributed by atoms with Gasteiger partial charge in [0.1, 0.15) is 5.82 Å². The van der Waals surface area contributed by atoms with Gasteiger partial charge in [-0.25, -0.2) is 9.78 Å². The van der Waals surface area contributed by atoms with Gasteiger partial charge in [-0.1, -0.05) is 80.1 Å². The van der Waals surface area contributed by atoms with Crippen LogP contribution >= 0.6 is 0 Å². The maximum absolute atomic E-state index is 13.8. The van der Waals surface area contributed by atoms with Crippen molar-refractivity contribution in [1.29, 1.82) is 0 Å². The Morgan fingerprint density at radius 2 is 1.71 bits per heavy atom. The number of unbranched alkanes of at least 4 members (excludes halogenated alkanes) is 1. The molecule has 2 aromatic heterocycles. The Kier molecular flexibility index (Phi) is 7.82. The van der Waals surface area contributed by atoms with E-state index in [0.717, 1.165) is 88.3 Å². The van der Waals surface area contributed by atoms with Crippen LogP contribution in [-0.2, 0) is 13.0 Å². The second-order valence-corrected chi connectivity index (χ2v) is 11.6. The van der Waals surface area contributed by atoms with Crippen LogP contribution in [0.2, 0.25) is 0 Å². The Morgan fingerprint density at radius 3 is 2.47 bits per heavy atom. The number of amides is 2. The van der Waals surface area contributed by atoms with Gasteiger partial charge in [-0.3, -0.25) is 9.47 Å². The number of tetrazole rings is 1. The molecule has 0 unspecified atom stereocenters. The zero-order chi connectivity index (χ0) is 30.8. The molecule has 7 rings (SSSR count). The molecule has 0 atom stereocenters. The van der Waals surface area contributed by atoms with E-state index in [1.54, 1.807) is 0 Å². The highest BCUT2D eigenvalue weighted by Gasteiger charge is 2.28. The Bertz CT molecular complexity index is 1930. The molecule has 0 saturated carbocycles. The minimum atomic E-state index is 0.0320. The molecule has 0 bridgehead atoms. The third-order valence-corrected chi connectivity index (χ3v) is 8.63. The van der Waals surface area contributed by atoms with Crippen LogP contribution in [0, 0.1) is 6.92 Å². The van der Waals surface area contributed by atoms with Crippen molar-refractivity contribution in [3.8, 4) is 28.2 Å². The number of imidazole rings is 1. The Morgan fingerprint density at radius 1 is 0.911 bits per heavy atom. The lowest BCUT2D eigenvalue weighted by Crippen LogP contribution is -2.49. The van der Waals surface area contributed by atoms with Gasteiger partial charge in [0.2, 0.25) is 5.82 Å². The molecule has 6 aromatic rings. The summed E-state index contributed by atoms with van der Waals surface area (Å²) in [6.07, 6.45) is 3.83. The normalized spacial score (nSPS) is 13.6. The summed E-state index contributed by atoms with van der Waals surface area (Å²) < 4.78 is 2.26. The van der Waals surface area contributed by atoms with Crippen molar-refractivity contribution in [2.24, 2.45) is 0 Å². The van der Waals surface area contributed by atoms with Crippen LogP contribution in [0.15, 0.2) is 91.0 Å². The van der Waals surface area contributed by atoms with Crippen LogP contribution < -0.4 is 4.90 Å². The monoisotopic (exact) mass is 596 g/mol. The first-order valence-electron chi connectivity index (χ1n) is 15.7. The second kappa shape index (κ2) is 12.4. The number of hydrogen-bond acceptors (Lipinski definition) is 5. The average Bonchev–Trinajstić information content (AvgIpc) is 3.73. The number of benzene rings is 4. The third kappa shape index (κ3) is 5.46. The summed E-state index contributed by atoms with van der Waals surface area (Å²) in [6, 6.07) is 31.0. The Balaban J connectivity index is 1.34. The van der Waals surface area contributed by atoms with Crippen molar-refractivity contribution in [1.82, 2.24) is 35.1 Å². The molecule has 3 heterocycles. The molecular weight excluding hydrogens is 560 g/mol. The van der Waals surface area contributed by atoms with Gasteiger partial charge < -0.3 is 4.90 Å². The number of fused-ring (bicyclic) bond motifs is 1. The highest BCUT2D eigenvalue weighted by Crippen LogP contribution is 2.38. The van der Waals surface area contributed by atoms with E-state index in [1.807, 2.05) is 58.3 Å². The van der Waals surface area contributed by atoms with E-state index < -0.39 is 0 Å². The number of H-pyrrole nitrogens is 1. The lowest BCUT2D eigenvalue weighted by Gasteiger charge is -2.35. The third-order valence-electron chi connectivity index (χ3n) is 8.63. The molecule has 1 saturated heterocycles. The summed E-state index contributed by atoms with van der Waals surface area (Å²) in [4.78, 5) is 22.7. The molecule has 1 fully saturated rings. The molecule has 1 N–H and O–H groups in total. The molecule has 1 aliphatic heterocycles. The van der Waals surface area contributed by atoms with Gasteiger partial charge in [-0.2, -0.15) is 5.21 Å². The smallest absolute Gasteiger partial charge is 0.320 e. The maximum atomic E-state index is 13.8. The van der Waals surface area contributed by atoms with E-state index in [9.17, 15) is 4.79 Å². The molecule has 0 spiro atoms. The second-order valence-electron chi connectivity index (χ2n) is 11.6. The Labute approximate surface area is 262 Å². The summed E-state index contributed by atoms with van der Waals surface area (Å²) >= 11 is 0. The Hall–Kier alpha value is -5.31. The van der Waals surface area contributed by atoms with Gasteiger partial charge in [0.25, 0.3) is 0 Å². The number of urea groups is 1. The fraction of sp³-hybridized carbons (Fsp3) is 0.250. The minimum absolute atomic E-state index is 0.0320. The van der Waals surface area contributed by atoms with Crippen molar-refractivity contribution in [2.45, 2.75) is 46.1 Å². The summed E-state index contributed by atoms with van der Waals surface area (Å²) in [6.45, 7) is 6.34. The van der Waals surface area contributed by atoms with E-state index in [1.165, 1.54) is 0 Å². The molecule has 1 aliphatic rings. The first-order chi connectivity index (χ1) is 22.1. The number of anilines is 1. The number of hydrogen-bond donors (Lipinski definition) is 1. The van der Waals surface area contributed by atoms with Gasteiger partial charge in [-0.15, -0.1) is 10.2 Å². The van der Waals surface area contributed by atoms with Crippen LogP contribution in [0.4, 0.5) is 10.5 Å². The fourth-order valence-electron chi connectivity index (χ4n) is 6.38. The van der Waals surface area contributed by atoms with Gasteiger partial charge >= 0.3 is 6.03 Å². The lowest BCUT2D eigenvalue weighted by molar-refractivity contribution is 0.192. The highest BCUT2D eigenvalue weighted by atomic mass is 16.2. The summed E-state index contributed by atoms with van der Waals surface area (Å²) in [7, 11) is 0. The number of carbonyl (C=O) groups is 1. The molecule has 45 heavy (non-hydrogen) atoms. The van der Waals surface area contributed by atoms with Crippen LogP contribution in [0.1, 0.15) is 43.1 Å². The number of nitrogens with zero attached hydrogens (tertiary/aromatic N) is 7. The molecule has 0 aliphatic carbocycles. The number of rotatable bonds is 9. The van der Waals surface area contributed by atoms with E-state index in [4.69, 9.17) is 4.98 Å². The van der Waals surface area contributed by atoms with Gasteiger partial charge in [0.15, 0.2) is 0 Å².